The van der Waals surface area contributed by atoms with Crippen molar-refractivity contribution in [3.8, 4) is 11.4 Å². The summed E-state index contributed by atoms with van der Waals surface area (Å²) in [5.41, 5.74) is 2.06. The molecule has 20 heavy (non-hydrogen) atoms. The van der Waals surface area contributed by atoms with Gasteiger partial charge in [-0.3, -0.25) is 0 Å². The van der Waals surface area contributed by atoms with E-state index < -0.39 is 0 Å². The van der Waals surface area contributed by atoms with Crippen LogP contribution in [0.2, 0.25) is 0 Å². The molecule has 1 heterocycles. The lowest BCUT2D eigenvalue weighted by molar-refractivity contribution is 0.593. The van der Waals surface area contributed by atoms with Crippen LogP contribution in [0, 0.1) is 0 Å². The Balaban J connectivity index is 2.01. The molecule has 0 amide bonds. The Bertz CT molecular complexity index is 493. The summed E-state index contributed by atoms with van der Waals surface area (Å²) in [4.78, 5) is 8.89. The molecule has 0 bridgehead atoms. The van der Waals surface area contributed by atoms with Gasteiger partial charge in [0, 0.05) is 11.6 Å². The summed E-state index contributed by atoms with van der Waals surface area (Å²) in [7, 11) is 0. The van der Waals surface area contributed by atoms with E-state index >= 15 is 0 Å². The van der Waals surface area contributed by atoms with Crippen molar-refractivity contribution >= 4 is 5.69 Å². The van der Waals surface area contributed by atoms with Crippen LogP contribution in [0.5, 0.6) is 0 Å². The fourth-order valence-corrected chi connectivity index (χ4v) is 2.20. The minimum absolute atomic E-state index is 0.515. The summed E-state index contributed by atoms with van der Waals surface area (Å²) in [5.74, 6) is 0.776. The van der Waals surface area contributed by atoms with Crippen molar-refractivity contribution in [3.05, 3.63) is 42.7 Å². The van der Waals surface area contributed by atoms with Gasteiger partial charge in [-0.2, -0.15) is 0 Å². The number of hydrogen-bond donors (Lipinski definition) is 1. The summed E-state index contributed by atoms with van der Waals surface area (Å²) in [6, 6.07) is 10.6. The molecule has 1 unspecified atom stereocenters. The van der Waals surface area contributed by atoms with E-state index in [4.69, 9.17) is 0 Å². The fourth-order valence-electron chi connectivity index (χ4n) is 2.20. The van der Waals surface area contributed by atoms with Crippen molar-refractivity contribution in [1.82, 2.24) is 9.97 Å². The molecule has 0 saturated heterocycles. The molecule has 3 nitrogen and oxygen atoms in total. The van der Waals surface area contributed by atoms with Gasteiger partial charge >= 0.3 is 0 Å². The third-order valence-electron chi connectivity index (χ3n) is 3.45. The Morgan fingerprint density at radius 2 is 1.75 bits per heavy atom. The van der Waals surface area contributed by atoms with Crippen LogP contribution < -0.4 is 5.32 Å². The summed E-state index contributed by atoms with van der Waals surface area (Å²) in [5, 5.41) is 3.52. The van der Waals surface area contributed by atoms with Crippen LogP contribution in [0.15, 0.2) is 42.7 Å². The van der Waals surface area contributed by atoms with Crippen LogP contribution in [-0.2, 0) is 0 Å². The number of rotatable bonds is 7. The lowest BCUT2D eigenvalue weighted by atomic mass is 10.1. The molecule has 0 radical (unpaired) electrons. The van der Waals surface area contributed by atoms with Crippen LogP contribution in [0.1, 0.15) is 39.5 Å². The third-order valence-corrected chi connectivity index (χ3v) is 3.45. The van der Waals surface area contributed by atoms with Gasteiger partial charge in [-0.05, 0) is 12.8 Å². The minimum atomic E-state index is 0.515. The van der Waals surface area contributed by atoms with E-state index in [1.807, 2.05) is 42.7 Å². The van der Waals surface area contributed by atoms with Gasteiger partial charge in [0.15, 0.2) is 5.82 Å². The van der Waals surface area contributed by atoms with E-state index in [1.54, 1.807) is 0 Å². The van der Waals surface area contributed by atoms with Crippen molar-refractivity contribution in [2.75, 3.05) is 5.32 Å². The number of unbranched alkanes of at least 4 members (excludes halogenated alkanes) is 1. The minimum Gasteiger partial charge on any atom is -0.380 e. The molecule has 0 fully saturated rings. The summed E-state index contributed by atoms with van der Waals surface area (Å²) < 4.78 is 0. The average molecular weight is 269 g/mol. The number of benzene rings is 1. The van der Waals surface area contributed by atoms with Gasteiger partial charge in [-0.1, -0.05) is 57.0 Å². The number of anilines is 1. The van der Waals surface area contributed by atoms with E-state index in [-0.39, 0.29) is 0 Å². The number of nitrogens with one attached hydrogen (secondary N) is 1. The number of aromatic nitrogens is 2. The highest BCUT2D eigenvalue weighted by Gasteiger charge is 2.06. The second-order valence-electron chi connectivity index (χ2n) is 5.05. The van der Waals surface area contributed by atoms with Crippen molar-refractivity contribution in [1.29, 1.82) is 0 Å². The van der Waals surface area contributed by atoms with Gasteiger partial charge in [0.1, 0.15) is 0 Å². The van der Waals surface area contributed by atoms with E-state index in [1.165, 1.54) is 19.3 Å². The topological polar surface area (TPSA) is 37.8 Å². The normalized spacial score (nSPS) is 12.1. The molecule has 1 atom stereocenters. The fraction of sp³-hybridized carbons (Fsp3) is 0.412. The molecule has 3 heteroatoms. The largest absolute Gasteiger partial charge is 0.380 e. The SMILES string of the molecule is CCCCC(CC)Nc1cnc(-c2ccccc2)nc1. The van der Waals surface area contributed by atoms with E-state index in [0.717, 1.165) is 23.5 Å². The molecule has 106 valence electrons. The third kappa shape index (κ3) is 4.05. The van der Waals surface area contributed by atoms with E-state index in [9.17, 15) is 0 Å². The van der Waals surface area contributed by atoms with Crippen molar-refractivity contribution in [3.63, 3.8) is 0 Å². The lowest BCUT2D eigenvalue weighted by Crippen LogP contribution is -2.18. The van der Waals surface area contributed by atoms with Gasteiger partial charge in [0.05, 0.1) is 18.1 Å². The smallest absolute Gasteiger partial charge is 0.159 e. The highest BCUT2D eigenvalue weighted by Crippen LogP contribution is 2.16. The van der Waals surface area contributed by atoms with Crippen molar-refractivity contribution < 1.29 is 0 Å². The molecule has 0 aliphatic carbocycles. The van der Waals surface area contributed by atoms with Crippen LogP contribution in [-0.4, -0.2) is 16.0 Å². The van der Waals surface area contributed by atoms with Crippen LogP contribution in [0.25, 0.3) is 11.4 Å². The van der Waals surface area contributed by atoms with Gasteiger partial charge < -0.3 is 5.32 Å². The zero-order chi connectivity index (χ0) is 14.2. The second kappa shape index (κ2) is 7.63. The molecule has 1 aromatic heterocycles. The van der Waals surface area contributed by atoms with Crippen molar-refractivity contribution in [2.45, 2.75) is 45.6 Å². The number of nitrogens with zero attached hydrogens (tertiary/aromatic N) is 2. The van der Waals surface area contributed by atoms with Gasteiger partial charge in [0.2, 0.25) is 0 Å². The van der Waals surface area contributed by atoms with Gasteiger partial charge in [0.25, 0.3) is 0 Å². The Morgan fingerprint density at radius 3 is 2.35 bits per heavy atom. The second-order valence-corrected chi connectivity index (χ2v) is 5.05. The predicted molar refractivity (Wildman–Crippen MR) is 84.7 cm³/mol. The molecule has 1 aromatic carbocycles. The quantitative estimate of drug-likeness (QED) is 0.802. The molecule has 2 rings (SSSR count). The first-order valence-corrected chi connectivity index (χ1v) is 7.47. The molecule has 1 N–H and O–H groups in total. The molecule has 0 saturated carbocycles. The first-order valence-electron chi connectivity index (χ1n) is 7.47. The Morgan fingerprint density at radius 1 is 1.05 bits per heavy atom. The maximum absolute atomic E-state index is 4.44. The van der Waals surface area contributed by atoms with Crippen molar-refractivity contribution in [2.24, 2.45) is 0 Å². The highest BCUT2D eigenvalue weighted by molar-refractivity contribution is 5.55. The van der Waals surface area contributed by atoms with E-state index in [0.29, 0.717) is 6.04 Å². The summed E-state index contributed by atoms with van der Waals surface area (Å²) in [6.07, 6.45) is 8.58. The Kier molecular flexibility index (Phi) is 5.54. The molecule has 0 spiro atoms. The lowest BCUT2D eigenvalue weighted by Gasteiger charge is -2.17. The molecular formula is C17H23N3. The van der Waals surface area contributed by atoms with Crippen LogP contribution >= 0.6 is 0 Å². The first-order chi connectivity index (χ1) is 9.83. The maximum atomic E-state index is 4.44. The van der Waals surface area contributed by atoms with Crippen LogP contribution in [0.4, 0.5) is 5.69 Å². The molecule has 0 aliphatic rings. The molecular weight excluding hydrogens is 246 g/mol. The van der Waals surface area contributed by atoms with E-state index in [2.05, 4.69) is 29.1 Å². The Labute approximate surface area is 121 Å². The number of hydrogen-bond acceptors (Lipinski definition) is 3. The molecule has 0 aliphatic heterocycles. The highest BCUT2D eigenvalue weighted by atomic mass is 15.0. The van der Waals surface area contributed by atoms with Gasteiger partial charge in [-0.25, -0.2) is 9.97 Å². The Hall–Kier alpha value is -1.90. The summed E-state index contributed by atoms with van der Waals surface area (Å²) >= 11 is 0. The first kappa shape index (κ1) is 14.5. The van der Waals surface area contributed by atoms with Crippen LogP contribution in [0.3, 0.4) is 0 Å². The summed E-state index contributed by atoms with van der Waals surface area (Å²) in [6.45, 7) is 4.44. The average Bonchev–Trinajstić information content (AvgIpc) is 2.53. The zero-order valence-electron chi connectivity index (χ0n) is 12.3. The maximum Gasteiger partial charge on any atom is 0.159 e. The molecule has 2 aromatic rings. The monoisotopic (exact) mass is 269 g/mol. The van der Waals surface area contributed by atoms with Gasteiger partial charge in [-0.15, -0.1) is 0 Å². The predicted octanol–water partition coefficient (Wildman–Crippen LogP) is 4.52. The zero-order valence-corrected chi connectivity index (χ0v) is 12.3. The standard InChI is InChI=1S/C17H23N3/c1-3-5-11-15(4-2)20-16-12-18-17(19-13-16)14-9-7-6-8-10-14/h6-10,12-13,15,20H,3-5,11H2,1-2H3.